The maximum Gasteiger partial charge on any atom is 0.220 e. The van der Waals surface area contributed by atoms with E-state index in [0.717, 1.165) is 55.4 Å². The second-order valence-electron chi connectivity index (χ2n) is 11.1. The van der Waals surface area contributed by atoms with Crippen molar-refractivity contribution in [3.63, 3.8) is 0 Å². The van der Waals surface area contributed by atoms with Crippen LogP contribution in [0.2, 0.25) is 0 Å². The van der Waals surface area contributed by atoms with Crippen LogP contribution in [0.5, 0.6) is 0 Å². The maximum absolute atomic E-state index is 13.2. The van der Waals surface area contributed by atoms with Gasteiger partial charge in [0, 0.05) is 17.4 Å². The Bertz CT molecular complexity index is 2060. The Labute approximate surface area is 254 Å². The van der Waals surface area contributed by atoms with Crippen LogP contribution in [0, 0.1) is 25.3 Å². The van der Waals surface area contributed by atoms with Crippen molar-refractivity contribution in [2.24, 2.45) is 4.99 Å². The van der Waals surface area contributed by atoms with E-state index in [4.69, 9.17) is 9.51 Å². The molecule has 2 atom stereocenters. The first-order chi connectivity index (χ1) is 21.4. The predicted molar refractivity (Wildman–Crippen MR) is 169 cm³/mol. The van der Waals surface area contributed by atoms with Crippen molar-refractivity contribution in [2.45, 2.75) is 52.6 Å². The summed E-state index contributed by atoms with van der Waals surface area (Å²) in [5.41, 5.74) is 8.58. The summed E-state index contributed by atoms with van der Waals surface area (Å²) in [6, 6.07) is 24.0. The van der Waals surface area contributed by atoms with Gasteiger partial charge in [-0.25, -0.2) is 0 Å². The SMILES string of the molecule is Cc1noc(C)c1-c1cc2ncc3[nH]c(=NC#N)n([C@H](C)c4ccccc4)c3c2cc1CCC(=O)N[C@H](C)c1ccccc1. The van der Waals surface area contributed by atoms with Crippen molar-refractivity contribution in [1.82, 2.24) is 25.0 Å². The molecule has 2 N–H and O–H groups in total. The molecular formula is C35H33N7O2. The quantitative estimate of drug-likeness (QED) is 0.196. The molecule has 0 unspecified atom stereocenters. The van der Waals surface area contributed by atoms with Gasteiger partial charge in [0.15, 0.2) is 0 Å². The van der Waals surface area contributed by atoms with Crippen LogP contribution in [-0.4, -0.2) is 25.6 Å². The lowest BCUT2D eigenvalue weighted by Crippen LogP contribution is -2.26. The Morgan fingerprint density at radius 1 is 1.07 bits per heavy atom. The number of rotatable bonds is 8. The Morgan fingerprint density at radius 3 is 2.43 bits per heavy atom. The molecule has 6 rings (SSSR count). The number of nitrogens with zero attached hydrogens (tertiary/aromatic N) is 5. The molecule has 1 amide bonds. The highest BCUT2D eigenvalue weighted by atomic mass is 16.5. The molecular weight excluding hydrogens is 550 g/mol. The van der Waals surface area contributed by atoms with Gasteiger partial charge < -0.3 is 19.4 Å². The average molecular weight is 584 g/mol. The lowest BCUT2D eigenvalue weighted by atomic mass is 9.93. The molecule has 0 saturated heterocycles. The molecule has 0 aliphatic heterocycles. The van der Waals surface area contributed by atoms with E-state index in [-0.39, 0.29) is 18.0 Å². The molecule has 0 spiro atoms. The number of pyridine rings is 1. The molecule has 0 saturated carbocycles. The lowest BCUT2D eigenvalue weighted by Gasteiger charge is -2.18. The third-order valence-corrected chi connectivity index (χ3v) is 8.21. The first-order valence-corrected chi connectivity index (χ1v) is 14.7. The Balaban J connectivity index is 1.49. The smallest absolute Gasteiger partial charge is 0.220 e. The fraction of sp³-hybridized carbons (Fsp3) is 0.229. The number of imidazole rings is 1. The van der Waals surface area contributed by atoms with E-state index in [1.807, 2.05) is 86.1 Å². The van der Waals surface area contributed by atoms with Crippen LogP contribution in [0.25, 0.3) is 33.1 Å². The second kappa shape index (κ2) is 12.0. The zero-order valence-corrected chi connectivity index (χ0v) is 25.1. The third kappa shape index (κ3) is 5.38. The standard InChI is InChI=1S/C35H33N7O2/c1-21(25-11-7-5-8-12-25)39-32(43)16-15-27-17-29-30(18-28(27)33-22(2)41-44-24(33)4)37-19-31-34(29)42(35(40-31)38-20-36)23(3)26-13-9-6-10-14-26/h5-14,17-19,21,23H,15-16H2,1-4H3,(H,38,40)(H,39,43)/t21-,23-/m1/s1. The van der Waals surface area contributed by atoms with E-state index in [1.165, 1.54) is 0 Å². The number of aryl methyl sites for hydroxylation is 3. The molecule has 220 valence electrons. The summed E-state index contributed by atoms with van der Waals surface area (Å²) in [4.78, 5) is 25.4. The van der Waals surface area contributed by atoms with Crippen LogP contribution in [-0.2, 0) is 11.2 Å². The van der Waals surface area contributed by atoms with Gasteiger partial charge in [0.25, 0.3) is 0 Å². The summed E-state index contributed by atoms with van der Waals surface area (Å²) >= 11 is 0. The van der Waals surface area contributed by atoms with Crippen molar-refractivity contribution in [3.8, 4) is 17.3 Å². The molecule has 44 heavy (non-hydrogen) atoms. The van der Waals surface area contributed by atoms with Crippen molar-refractivity contribution in [2.75, 3.05) is 0 Å². The van der Waals surface area contributed by atoms with Gasteiger partial charge in [0.1, 0.15) is 5.76 Å². The number of nitrogens with one attached hydrogen (secondary N) is 2. The Morgan fingerprint density at radius 2 is 1.77 bits per heavy atom. The predicted octanol–water partition coefficient (Wildman–Crippen LogP) is 6.59. The summed E-state index contributed by atoms with van der Waals surface area (Å²) < 4.78 is 7.59. The van der Waals surface area contributed by atoms with E-state index in [0.29, 0.717) is 24.2 Å². The third-order valence-electron chi connectivity index (χ3n) is 8.21. The Kier molecular flexibility index (Phi) is 7.82. The minimum atomic E-state index is -0.126. The largest absolute Gasteiger partial charge is 0.361 e. The molecule has 0 bridgehead atoms. The zero-order valence-electron chi connectivity index (χ0n) is 25.1. The monoisotopic (exact) mass is 583 g/mol. The van der Waals surface area contributed by atoms with Crippen LogP contribution < -0.4 is 10.9 Å². The molecule has 9 heteroatoms. The molecule has 0 aliphatic carbocycles. The summed E-state index contributed by atoms with van der Waals surface area (Å²) in [6.07, 6.45) is 4.51. The number of carbonyl (C=O) groups excluding carboxylic acids is 1. The van der Waals surface area contributed by atoms with Crippen molar-refractivity contribution >= 4 is 27.8 Å². The van der Waals surface area contributed by atoms with Crippen LogP contribution in [0.1, 0.15) is 60.5 Å². The van der Waals surface area contributed by atoms with Crippen LogP contribution in [0.15, 0.2) is 88.5 Å². The van der Waals surface area contributed by atoms with Gasteiger partial charge in [0.2, 0.25) is 17.7 Å². The first-order valence-electron chi connectivity index (χ1n) is 14.7. The number of carbonyl (C=O) groups is 1. The number of hydrogen-bond acceptors (Lipinski definition) is 6. The van der Waals surface area contributed by atoms with Crippen molar-refractivity contribution in [3.05, 3.63) is 113 Å². The number of H-pyrrole nitrogens is 1. The van der Waals surface area contributed by atoms with Gasteiger partial charge in [-0.3, -0.25) is 9.78 Å². The Hall–Kier alpha value is -5.49. The molecule has 3 heterocycles. The molecule has 0 aliphatic rings. The molecule has 3 aromatic heterocycles. The molecule has 9 nitrogen and oxygen atoms in total. The van der Waals surface area contributed by atoms with Crippen molar-refractivity contribution in [1.29, 1.82) is 5.26 Å². The number of nitriles is 1. The zero-order chi connectivity index (χ0) is 30.8. The van der Waals surface area contributed by atoms with Gasteiger partial charge in [-0.1, -0.05) is 65.8 Å². The van der Waals surface area contributed by atoms with E-state index >= 15 is 0 Å². The maximum atomic E-state index is 13.2. The highest BCUT2D eigenvalue weighted by Crippen LogP contribution is 2.36. The van der Waals surface area contributed by atoms with Gasteiger partial charge >= 0.3 is 0 Å². The average Bonchev–Trinajstić information content (AvgIpc) is 3.58. The fourth-order valence-corrected chi connectivity index (χ4v) is 5.99. The minimum Gasteiger partial charge on any atom is -0.361 e. The number of benzene rings is 3. The van der Waals surface area contributed by atoms with E-state index in [1.54, 1.807) is 6.20 Å². The minimum absolute atomic E-state index is 0.0352. The van der Waals surface area contributed by atoms with E-state index in [9.17, 15) is 10.1 Å². The number of aromatic nitrogens is 4. The van der Waals surface area contributed by atoms with Crippen LogP contribution in [0.3, 0.4) is 0 Å². The normalized spacial score (nSPS) is 13.2. The molecule has 0 fully saturated rings. The molecule has 6 aromatic rings. The van der Waals surface area contributed by atoms with Crippen LogP contribution >= 0.6 is 0 Å². The number of hydrogen-bond donors (Lipinski definition) is 2. The summed E-state index contributed by atoms with van der Waals surface area (Å²) in [7, 11) is 0. The number of aromatic amines is 1. The van der Waals surface area contributed by atoms with Gasteiger partial charge in [-0.05, 0) is 68.5 Å². The molecule has 3 aromatic carbocycles. The van der Waals surface area contributed by atoms with Crippen molar-refractivity contribution < 1.29 is 9.32 Å². The fourth-order valence-electron chi connectivity index (χ4n) is 5.99. The van der Waals surface area contributed by atoms with Gasteiger partial charge in [-0.2, -0.15) is 5.26 Å². The van der Waals surface area contributed by atoms with E-state index in [2.05, 4.69) is 45.6 Å². The van der Waals surface area contributed by atoms with Gasteiger partial charge in [-0.15, -0.1) is 4.99 Å². The highest BCUT2D eigenvalue weighted by molar-refractivity contribution is 6.04. The second-order valence-corrected chi connectivity index (χ2v) is 11.1. The van der Waals surface area contributed by atoms with E-state index < -0.39 is 0 Å². The van der Waals surface area contributed by atoms with Gasteiger partial charge in [0.05, 0.1) is 40.5 Å². The number of fused-ring (bicyclic) bond motifs is 3. The van der Waals surface area contributed by atoms with Crippen LogP contribution in [0.4, 0.5) is 0 Å². The summed E-state index contributed by atoms with van der Waals surface area (Å²) in [6.45, 7) is 7.89. The highest BCUT2D eigenvalue weighted by Gasteiger charge is 2.22. The number of amides is 1. The summed E-state index contributed by atoms with van der Waals surface area (Å²) in [5, 5.41) is 17.7. The lowest BCUT2D eigenvalue weighted by molar-refractivity contribution is -0.121. The summed E-state index contributed by atoms with van der Waals surface area (Å²) in [5.74, 6) is 0.669. The molecule has 0 radical (unpaired) electrons. The first kappa shape index (κ1) is 28.6. The topological polar surface area (TPSA) is 125 Å².